The number of hydrogen-bond donors (Lipinski definition) is 2. The van der Waals surface area contributed by atoms with Crippen molar-refractivity contribution in [1.29, 1.82) is 0 Å². The lowest BCUT2D eigenvalue weighted by molar-refractivity contribution is 0.0478. The number of rotatable bonds is 5. The number of β-amino-alcohol motifs (C(OH)–C–C–N with tert-alkyl or cyclic N) is 1. The molecule has 2 aromatic rings. The van der Waals surface area contributed by atoms with Crippen LogP contribution < -0.4 is 10.1 Å². The fourth-order valence-corrected chi connectivity index (χ4v) is 3.59. The number of aromatic nitrogens is 1. The molecule has 1 saturated heterocycles. The molecule has 0 spiro atoms. The molecule has 1 fully saturated rings. The number of aryl methyl sites for hydroxylation is 1. The molecule has 1 aliphatic heterocycles. The van der Waals surface area contributed by atoms with Crippen LogP contribution in [0, 0.1) is 6.92 Å². The molecule has 0 bridgehead atoms. The van der Waals surface area contributed by atoms with Gasteiger partial charge in [-0.15, -0.1) is 11.3 Å². The largest absolute Gasteiger partial charge is 0.491 e. The number of benzene rings is 1. The van der Waals surface area contributed by atoms with Gasteiger partial charge in [0.05, 0.1) is 15.2 Å². The molecule has 0 aliphatic carbocycles. The highest BCUT2D eigenvalue weighted by molar-refractivity contribution is 7.18. The van der Waals surface area contributed by atoms with Crippen molar-refractivity contribution in [3.05, 3.63) is 23.2 Å². The second kappa shape index (κ2) is 6.91. The summed E-state index contributed by atoms with van der Waals surface area (Å²) in [6.45, 7) is 8.08. The number of piperazine rings is 1. The molecule has 22 heavy (non-hydrogen) atoms. The van der Waals surface area contributed by atoms with E-state index in [1.807, 2.05) is 25.1 Å². The van der Waals surface area contributed by atoms with Gasteiger partial charge in [0, 0.05) is 38.3 Å². The summed E-state index contributed by atoms with van der Waals surface area (Å²) in [5.41, 5.74) is 0.963. The number of aliphatic hydroxyl groups is 1. The third kappa shape index (κ3) is 3.76. The quantitative estimate of drug-likeness (QED) is 0.877. The Hall–Kier alpha value is -1.21. The molecule has 0 unspecified atom stereocenters. The molecule has 1 aliphatic rings. The highest BCUT2D eigenvalue weighted by Crippen LogP contribution is 2.25. The number of nitrogens with one attached hydrogen (secondary N) is 1. The van der Waals surface area contributed by atoms with Gasteiger partial charge >= 0.3 is 0 Å². The highest BCUT2D eigenvalue weighted by atomic mass is 32.1. The van der Waals surface area contributed by atoms with Crippen LogP contribution in [-0.4, -0.2) is 59.9 Å². The van der Waals surface area contributed by atoms with Crippen molar-refractivity contribution in [1.82, 2.24) is 15.2 Å². The number of hydrogen-bond acceptors (Lipinski definition) is 6. The molecule has 2 N–H and O–H groups in total. The monoisotopic (exact) mass is 321 g/mol. The Balaban J connectivity index is 1.53. The Labute approximate surface area is 134 Å². The minimum absolute atomic E-state index is 0.311. The molecule has 0 radical (unpaired) electrons. The van der Waals surface area contributed by atoms with Crippen molar-refractivity contribution >= 4 is 21.6 Å². The van der Waals surface area contributed by atoms with Gasteiger partial charge in [-0.3, -0.25) is 4.90 Å². The molecule has 0 saturated carbocycles. The summed E-state index contributed by atoms with van der Waals surface area (Å²) in [6.07, 6.45) is -0.478. The number of aliphatic hydroxyl groups excluding tert-OH is 1. The first-order valence-electron chi connectivity index (χ1n) is 7.74. The summed E-state index contributed by atoms with van der Waals surface area (Å²) < 4.78 is 6.90. The molecule has 2 atom stereocenters. The third-order valence-electron chi connectivity index (χ3n) is 3.99. The van der Waals surface area contributed by atoms with Gasteiger partial charge in [-0.05, 0) is 26.0 Å². The molecule has 6 heteroatoms. The molecule has 0 amide bonds. The van der Waals surface area contributed by atoms with Crippen LogP contribution in [0.5, 0.6) is 5.75 Å². The van der Waals surface area contributed by atoms with Gasteiger partial charge in [-0.1, -0.05) is 0 Å². The predicted molar refractivity (Wildman–Crippen MR) is 89.8 cm³/mol. The van der Waals surface area contributed by atoms with E-state index in [1.165, 1.54) is 4.70 Å². The minimum atomic E-state index is -0.478. The maximum atomic E-state index is 10.2. The van der Waals surface area contributed by atoms with Crippen LogP contribution >= 0.6 is 11.3 Å². The molecule has 1 aromatic heterocycles. The number of nitrogens with zero attached hydrogens (tertiary/aromatic N) is 2. The Morgan fingerprint density at radius 3 is 3.23 bits per heavy atom. The smallest absolute Gasteiger partial charge is 0.121 e. The van der Waals surface area contributed by atoms with Gasteiger partial charge in [-0.25, -0.2) is 4.98 Å². The standard InChI is InChI=1S/C16H23N3O2S/c1-11-8-17-5-6-19(11)9-13(20)10-21-14-3-4-16-15(7-14)18-12(2)22-16/h3-4,7,11,13,17,20H,5-6,8-10H2,1-2H3/t11-,13-/m0/s1. The van der Waals surface area contributed by atoms with Crippen molar-refractivity contribution in [2.75, 3.05) is 32.8 Å². The van der Waals surface area contributed by atoms with E-state index in [0.717, 1.165) is 35.9 Å². The maximum Gasteiger partial charge on any atom is 0.121 e. The average molecular weight is 321 g/mol. The number of thiazole rings is 1. The zero-order valence-electron chi connectivity index (χ0n) is 13.1. The van der Waals surface area contributed by atoms with Crippen LogP contribution in [-0.2, 0) is 0 Å². The van der Waals surface area contributed by atoms with E-state index >= 15 is 0 Å². The molecule has 120 valence electrons. The van der Waals surface area contributed by atoms with Crippen molar-refractivity contribution in [3.63, 3.8) is 0 Å². The van der Waals surface area contributed by atoms with Crippen LogP contribution in [0.2, 0.25) is 0 Å². The summed E-state index contributed by atoms with van der Waals surface area (Å²) in [7, 11) is 0. The first-order valence-corrected chi connectivity index (χ1v) is 8.56. The topological polar surface area (TPSA) is 57.6 Å². The Kier molecular flexibility index (Phi) is 4.93. The Morgan fingerprint density at radius 1 is 1.55 bits per heavy atom. The van der Waals surface area contributed by atoms with Crippen LogP contribution in [0.1, 0.15) is 11.9 Å². The van der Waals surface area contributed by atoms with Gasteiger partial charge in [0.2, 0.25) is 0 Å². The van der Waals surface area contributed by atoms with E-state index in [4.69, 9.17) is 4.74 Å². The lowest BCUT2D eigenvalue weighted by atomic mass is 10.2. The number of ether oxygens (including phenoxy) is 1. The highest BCUT2D eigenvalue weighted by Gasteiger charge is 2.20. The molecule has 5 nitrogen and oxygen atoms in total. The second-order valence-corrected chi connectivity index (χ2v) is 7.11. The Morgan fingerprint density at radius 2 is 2.41 bits per heavy atom. The average Bonchev–Trinajstić information content (AvgIpc) is 2.87. The fourth-order valence-electron chi connectivity index (χ4n) is 2.78. The van der Waals surface area contributed by atoms with E-state index in [-0.39, 0.29) is 0 Å². The van der Waals surface area contributed by atoms with Crippen LogP contribution in [0.3, 0.4) is 0 Å². The summed E-state index contributed by atoms with van der Waals surface area (Å²) in [4.78, 5) is 6.77. The van der Waals surface area contributed by atoms with Gasteiger partial charge in [-0.2, -0.15) is 0 Å². The fraction of sp³-hybridized carbons (Fsp3) is 0.562. The van der Waals surface area contributed by atoms with Crippen molar-refractivity contribution in [2.45, 2.75) is 26.0 Å². The first-order chi connectivity index (χ1) is 10.6. The molecular weight excluding hydrogens is 298 g/mol. The van der Waals surface area contributed by atoms with Crippen molar-refractivity contribution in [3.8, 4) is 5.75 Å². The van der Waals surface area contributed by atoms with E-state index < -0.39 is 6.10 Å². The lowest BCUT2D eigenvalue weighted by Crippen LogP contribution is -2.52. The molecule has 1 aromatic carbocycles. The van der Waals surface area contributed by atoms with Gasteiger partial charge in [0.25, 0.3) is 0 Å². The summed E-state index contributed by atoms with van der Waals surface area (Å²) in [5, 5.41) is 14.6. The van der Waals surface area contributed by atoms with Gasteiger partial charge < -0.3 is 15.2 Å². The normalized spacial score (nSPS) is 21.1. The summed E-state index contributed by atoms with van der Waals surface area (Å²) in [5.74, 6) is 0.769. The summed E-state index contributed by atoms with van der Waals surface area (Å²) >= 11 is 1.68. The van der Waals surface area contributed by atoms with Gasteiger partial charge in [0.1, 0.15) is 18.5 Å². The predicted octanol–water partition coefficient (Wildman–Crippen LogP) is 1.64. The second-order valence-electron chi connectivity index (χ2n) is 5.88. The molecule has 2 heterocycles. The lowest BCUT2D eigenvalue weighted by Gasteiger charge is -2.35. The summed E-state index contributed by atoms with van der Waals surface area (Å²) in [6, 6.07) is 6.37. The van der Waals surface area contributed by atoms with E-state index in [0.29, 0.717) is 19.2 Å². The Bertz CT molecular complexity index is 631. The van der Waals surface area contributed by atoms with E-state index in [1.54, 1.807) is 11.3 Å². The SMILES string of the molecule is Cc1nc2cc(OC[C@@H](O)CN3CCNC[C@@H]3C)ccc2s1. The van der Waals surface area contributed by atoms with E-state index in [9.17, 15) is 5.11 Å². The third-order valence-corrected chi connectivity index (χ3v) is 4.94. The zero-order chi connectivity index (χ0) is 15.5. The van der Waals surface area contributed by atoms with Crippen LogP contribution in [0.25, 0.3) is 10.2 Å². The maximum absolute atomic E-state index is 10.2. The minimum Gasteiger partial charge on any atom is -0.491 e. The van der Waals surface area contributed by atoms with Crippen LogP contribution in [0.4, 0.5) is 0 Å². The molecular formula is C16H23N3O2S. The van der Waals surface area contributed by atoms with Gasteiger partial charge in [0.15, 0.2) is 0 Å². The van der Waals surface area contributed by atoms with Crippen molar-refractivity contribution in [2.24, 2.45) is 0 Å². The van der Waals surface area contributed by atoms with Crippen molar-refractivity contribution < 1.29 is 9.84 Å². The number of fused-ring (bicyclic) bond motifs is 1. The molecule has 3 rings (SSSR count). The first kappa shape index (κ1) is 15.7. The van der Waals surface area contributed by atoms with Crippen LogP contribution in [0.15, 0.2) is 18.2 Å². The van der Waals surface area contributed by atoms with E-state index in [2.05, 4.69) is 22.1 Å². The zero-order valence-corrected chi connectivity index (χ0v) is 13.9.